The smallest absolute Gasteiger partial charge is 0.407 e. The summed E-state index contributed by atoms with van der Waals surface area (Å²) in [7, 11) is 0. The van der Waals surface area contributed by atoms with Crippen LogP contribution in [0.25, 0.3) is 0 Å². The van der Waals surface area contributed by atoms with Gasteiger partial charge in [0, 0.05) is 12.0 Å². The maximum absolute atomic E-state index is 11.3. The zero-order valence-electron chi connectivity index (χ0n) is 12.1. The Balaban J connectivity index is 2.09. The van der Waals surface area contributed by atoms with E-state index in [-0.39, 0.29) is 24.9 Å². The van der Waals surface area contributed by atoms with Crippen LogP contribution in [-0.2, 0) is 19.1 Å². The lowest BCUT2D eigenvalue weighted by Crippen LogP contribution is -2.34. The molecule has 0 bridgehead atoms. The zero-order chi connectivity index (χ0) is 15.2. The van der Waals surface area contributed by atoms with E-state index in [2.05, 4.69) is 5.32 Å². The maximum Gasteiger partial charge on any atom is 0.407 e. The standard InChI is InChI=1S/C14H21NO5/c1-14(2,3)20-13(18)15-8-9-19-12(17)7-6-11(16)10-4-5-10/h6-7,10H,4-5,8-9H2,1-3H3,(H,15,18)/b7-6+. The molecule has 6 nitrogen and oxygen atoms in total. The third kappa shape index (κ3) is 7.56. The highest BCUT2D eigenvalue weighted by molar-refractivity contribution is 5.98. The number of alkyl carbamates (subject to hydrolysis) is 1. The van der Waals surface area contributed by atoms with E-state index < -0.39 is 17.7 Å². The normalized spacial score (nSPS) is 14.9. The van der Waals surface area contributed by atoms with Crippen molar-refractivity contribution in [2.45, 2.75) is 39.2 Å². The van der Waals surface area contributed by atoms with Gasteiger partial charge in [0.15, 0.2) is 5.78 Å². The Morgan fingerprint density at radius 1 is 1.20 bits per heavy atom. The van der Waals surface area contributed by atoms with Crippen molar-refractivity contribution in [3.05, 3.63) is 12.2 Å². The monoisotopic (exact) mass is 283 g/mol. The Hall–Kier alpha value is -1.85. The Morgan fingerprint density at radius 2 is 1.85 bits per heavy atom. The van der Waals surface area contributed by atoms with Crippen molar-refractivity contribution in [1.29, 1.82) is 0 Å². The van der Waals surface area contributed by atoms with Crippen molar-refractivity contribution in [2.75, 3.05) is 13.2 Å². The van der Waals surface area contributed by atoms with Crippen molar-refractivity contribution in [3.8, 4) is 0 Å². The third-order valence-electron chi connectivity index (χ3n) is 2.38. The number of allylic oxidation sites excluding steroid dienone is 1. The largest absolute Gasteiger partial charge is 0.461 e. The van der Waals surface area contributed by atoms with Gasteiger partial charge < -0.3 is 14.8 Å². The second-order valence-corrected chi connectivity index (χ2v) is 5.61. The van der Waals surface area contributed by atoms with Gasteiger partial charge in [-0.25, -0.2) is 9.59 Å². The average Bonchev–Trinajstić information content (AvgIpc) is 3.13. The molecule has 1 aliphatic carbocycles. The third-order valence-corrected chi connectivity index (χ3v) is 2.38. The fraction of sp³-hybridized carbons (Fsp3) is 0.643. The highest BCUT2D eigenvalue weighted by Crippen LogP contribution is 2.29. The summed E-state index contributed by atoms with van der Waals surface area (Å²) in [6.45, 7) is 5.46. The second-order valence-electron chi connectivity index (χ2n) is 5.61. The highest BCUT2D eigenvalue weighted by Gasteiger charge is 2.27. The van der Waals surface area contributed by atoms with Gasteiger partial charge in [0.25, 0.3) is 0 Å². The molecule has 0 aromatic carbocycles. The van der Waals surface area contributed by atoms with E-state index in [9.17, 15) is 14.4 Å². The fourth-order valence-electron chi connectivity index (χ4n) is 1.32. The molecule has 1 rings (SSSR count). The van der Waals surface area contributed by atoms with Gasteiger partial charge in [-0.1, -0.05) is 0 Å². The van der Waals surface area contributed by atoms with Gasteiger partial charge >= 0.3 is 12.1 Å². The molecule has 6 heteroatoms. The number of nitrogens with one attached hydrogen (secondary N) is 1. The maximum atomic E-state index is 11.3. The zero-order valence-corrected chi connectivity index (χ0v) is 12.1. The number of hydrogen-bond acceptors (Lipinski definition) is 5. The lowest BCUT2D eigenvalue weighted by atomic mass is 10.2. The second kappa shape index (κ2) is 7.07. The highest BCUT2D eigenvalue weighted by atomic mass is 16.6. The lowest BCUT2D eigenvalue weighted by Gasteiger charge is -2.19. The first-order valence-electron chi connectivity index (χ1n) is 6.63. The first-order chi connectivity index (χ1) is 9.28. The summed E-state index contributed by atoms with van der Waals surface area (Å²) in [5.41, 5.74) is -0.563. The topological polar surface area (TPSA) is 81.7 Å². The molecule has 1 aliphatic rings. The fourth-order valence-corrected chi connectivity index (χ4v) is 1.32. The van der Waals surface area contributed by atoms with Gasteiger partial charge in [-0.05, 0) is 39.7 Å². The molecule has 0 saturated heterocycles. The minimum Gasteiger partial charge on any atom is -0.461 e. The summed E-state index contributed by atoms with van der Waals surface area (Å²) in [5, 5.41) is 2.46. The number of carbonyl (C=O) groups excluding carboxylic acids is 3. The van der Waals surface area contributed by atoms with Crippen LogP contribution in [-0.4, -0.2) is 36.6 Å². The number of esters is 1. The number of ether oxygens (including phenoxy) is 2. The molecule has 0 heterocycles. The molecule has 1 saturated carbocycles. The molecule has 1 fully saturated rings. The van der Waals surface area contributed by atoms with Crippen LogP contribution >= 0.6 is 0 Å². The van der Waals surface area contributed by atoms with Gasteiger partial charge in [-0.2, -0.15) is 0 Å². The van der Waals surface area contributed by atoms with Gasteiger partial charge in [0.2, 0.25) is 0 Å². The van der Waals surface area contributed by atoms with Crippen LogP contribution in [0.2, 0.25) is 0 Å². The predicted octanol–water partition coefficient (Wildman–Crippen LogP) is 1.59. The summed E-state index contributed by atoms with van der Waals surface area (Å²) >= 11 is 0. The summed E-state index contributed by atoms with van der Waals surface area (Å²) in [4.78, 5) is 33.8. The number of rotatable bonds is 6. The van der Waals surface area contributed by atoms with E-state index in [1.807, 2.05) is 0 Å². The van der Waals surface area contributed by atoms with E-state index in [4.69, 9.17) is 9.47 Å². The van der Waals surface area contributed by atoms with Gasteiger partial charge in [-0.15, -0.1) is 0 Å². The van der Waals surface area contributed by atoms with Crippen molar-refractivity contribution >= 4 is 17.8 Å². The molecule has 0 radical (unpaired) electrons. The predicted molar refractivity (Wildman–Crippen MR) is 72.1 cm³/mol. The first kappa shape index (κ1) is 16.2. The number of ketones is 1. The molecule has 0 aromatic rings. The van der Waals surface area contributed by atoms with E-state index >= 15 is 0 Å². The summed E-state index contributed by atoms with van der Waals surface area (Å²) in [6, 6.07) is 0. The minimum atomic E-state index is -0.593. The van der Waals surface area contributed by atoms with E-state index in [1.54, 1.807) is 20.8 Å². The molecule has 0 atom stereocenters. The van der Waals surface area contributed by atoms with E-state index in [0.29, 0.717) is 0 Å². The molecule has 1 N–H and O–H groups in total. The molecular weight excluding hydrogens is 262 g/mol. The van der Waals surface area contributed by atoms with Crippen LogP contribution in [0.1, 0.15) is 33.6 Å². The lowest BCUT2D eigenvalue weighted by molar-refractivity contribution is -0.137. The molecule has 0 aliphatic heterocycles. The van der Waals surface area contributed by atoms with E-state index in [1.165, 1.54) is 6.08 Å². The van der Waals surface area contributed by atoms with Crippen LogP contribution in [0.3, 0.4) is 0 Å². The molecule has 112 valence electrons. The molecule has 0 spiro atoms. The number of hydrogen-bond donors (Lipinski definition) is 1. The number of carbonyl (C=O) groups is 3. The minimum absolute atomic E-state index is 0.0278. The Bertz CT molecular complexity index is 404. The van der Waals surface area contributed by atoms with Crippen LogP contribution in [0.15, 0.2) is 12.2 Å². The van der Waals surface area contributed by atoms with Crippen LogP contribution < -0.4 is 5.32 Å². The SMILES string of the molecule is CC(C)(C)OC(=O)NCCOC(=O)/C=C/C(=O)C1CC1. The summed E-state index contributed by atoms with van der Waals surface area (Å²) < 4.78 is 9.83. The molecule has 20 heavy (non-hydrogen) atoms. The number of amides is 1. The Morgan fingerprint density at radius 3 is 2.40 bits per heavy atom. The Labute approximate surface area is 118 Å². The molecular formula is C14H21NO5. The van der Waals surface area contributed by atoms with Gasteiger partial charge in [0.1, 0.15) is 12.2 Å². The van der Waals surface area contributed by atoms with Crippen molar-refractivity contribution < 1.29 is 23.9 Å². The van der Waals surface area contributed by atoms with Crippen molar-refractivity contribution in [2.24, 2.45) is 5.92 Å². The summed E-state index contributed by atoms with van der Waals surface area (Å²) in [5.74, 6) is -0.535. The van der Waals surface area contributed by atoms with Crippen LogP contribution in [0.4, 0.5) is 4.79 Å². The van der Waals surface area contributed by atoms with Gasteiger partial charge in [0.05, 0.1) is 6.54 Å². The van der Waals surface area contributed by atoms with Crippen LogP contribution in [0, 0.1) is 5.92 Å². The van der Waals surface area contributed by atoms with Crippen LogP contribution in [0.5, 0.6) is 0 Å². The molecule has 0 aromatic heterocycles. The van der Waals surface area contributed by atoms with Crippen molar-refractivity contribution in [1.82, 2.24) is 5.32 Å². The molecule has 0 unspecified atom stereocenters. The molecule has 1 amide bonds. The van der Waals surface area contributed by atoms with E-state index in [0.717, 1.165) is 18.9 Å². The summed E-state index contributed by atoms with van der Waals surface area (Å²) in [6.07, 6.45) is 3.61. The van der Waals surface area contributed by atoms with Gasteiger partial charge in [-0.3, -0.25) is 4.79 Å². The van der Waals surface area contributed by atoms with Crippen molar-refractivity contribution in [3.63, 3.8) is 0 Å². The average molecular weight is 283 g/mol. The Kier molecular flexibility index (Phi) is 5.73. The quantitative estimate of drug-likeness (QED) is 0.455. The first-order valence-corrected chi connectivity index (χ1v) is 6.63.